The van der Waals surface area contributed by atoms with Gasteiger partial charge in [-0.25, -0.2) is 0 Å². The van der Waals surface area contributed by atoms with Gasteiger partial charge in [-0.3, -0.25) is 10.1 Å². The van der Waals surface area contributed by atoms with Gasteiger partial charge in [0.15, 0.2) is 0 Å². The zero-order valence-electron chi connectivity index (χ0n) is 5.99. The first-order valence-corrected chi connectivity index (χ1v) is 3.42. The highest BCUT2D eigenvalue weighted by Gasteiger charge is 2.25. The predicted octanol–water partition coefficient (Wildman–Crippen LogP) is -1.58. The Labute approximate surface area is 64.0 Å². The molecule has 1 aliphatic rings. The van der Waals surface area contributed by atoms with Crippen molar-refractivity contribution < 1.29 is 19.7 Å². The first kappa shape index (κ1) is 8.45. The lowest BCUT2D eigenvalue weighted by Gasteiger charge is -2.09. The highest BCUT2D eigenvalue weighted by atomic mass is 16.6. The maximum absolute atomic E-state index is 10.3. The highest BCUT2D eigenvalue weighted by Crippen LogP contribution is 2.06. The van der Waals surface area contributed by atoms with Crippen LogP contribution in [0.4, 0.5) is 0 Å². The third-order valence-electron chi connectivity index (χ3n) is 1.47. The van der Waals surface area contributed by atoms with Crippen molar-refractivity contribution >= 4 is 5.97 Å². The molecule has 0 saturated carbocycles. The minimum Gasteiger partial charge on any atom is -0.480 e. The van der Waals surface area contributed by atoms with Crippen molar-refractivity contribution in [2.24, 2.45) is 0 Å². The van der Waals surface area contributed by atoms with E-state index in [9.17, 15) is 4.79 Å². The Morgan fingerprint density at radius 3 is 2.82 bits per heavy atom. The van der Waals surface area contributed by atoms with E-state index < -0.39 is 12.0 Å². The molecule has 0 bridgehead atoms. The standard InChI is InChI=1S/C6H11NO4/c8-2-5(6(9)10)7-1-4-3-11-4/h4-5,7-8H,1-3H2,(H,9,10)/t4?,5-/m0/s1. The van der Waals surface area contributed by atoms with E-state index in [1.807, 2.05) is 0 Å². The number of epoxide rings is 1. The van der Waals surface area contributed by atoms with Gasteiger partial charge in [-0.05, 0) is 0 Å². The molecule has 1 fully saturated rings. The topological polar surface area (TPSA) is 82.1 Å². The van der Waals surface area contributed by atoms with Gasteiger partial charge in [0, 0.05) is 6.54 Å². The van der Waals surface area contributed by atoms with Crippen LogP contribution in [0.15, 0.2) is 0 Å². The molecule has 0 radical (unpaired) electrons. The Morgan fingerprint density at radius 1 is 1.82 bits per heavy atom. The van der Waals surface area contributed by atoms with Gasteiger partial charge < -0.3 is 14.9 Å². The molecular weight excluding hydrogens is 150 g/mol. The predicted molar refractivity (Wildman–Crippen MR) is 36.3 cm³/mol. The third-order valence-corrected chi connectivity index (χ3v) is 1.47. The Kier molecular flexibility index (Phi) is 2.81. The van der Waals surface area contributed by atoms with E-state index in [0.717, 1.165) is 0 Å². The summed E-state index contributed by atoms with van der Waals surface area (Å²) < 4.78 is 4.85. The van der Waals surface area contributed by atoms with Gasteiger partial charge in [-0.15, -0.1) is 0 Å². The number of hydrogen-bond donors (Lipinski definition) is 3. The van der Waals surface area contributed by atoms with Crippen LogP contribution in [0.5, 0.6) is 0 Å². The molecule has 64 valence electrons. The summed E-state index contributed by atoms with van der Waals surface area (Å²) in [6.07, 6.45) is 0.142. The summed E-state index contributed by atoms with van der Waals surface area (Å²) in [5, 5.41) is 19.6. The molecule has 5 nitrogen and oxygen atoms in total. The summed E-state index contributed by atoms with van der Waals surface area (Å²) in [4.78, 5) is 10.3. The van der Waals surface area contributed by atoms with Crippen molar-refractivity contribution in [2.75, 3.05) is 19.8 Å². The van der Waals surface area contributed by atoms with E-state index in [-0.39, 0.29) is 12.7 Å². The van der Waals surface area contributed by atoms with E-state index >= 15 is 0 Å². The van der Waals surface area contributed by atoms with Crippen molar-refractivity contribution in [3.63, 3.8) is 0 Å². The molecule has 1 unspecified atom stereocenters. The van der Waals surface area contributed by atoms with Gasteiger partial charge in [0.25, 0.3) is 0 Å². The zero-order chi connectivity index (χ0) is 8.27. The van der Waals surface area contributed by atoms with Crippen molar-refractivity contribution in [3.8, 4) is 0 Å². The Morgan fingerprint density at radius 2 is 2.45 bits per heavy atom. The number of aliphatic hydroxyl groups excluding tert-OH is 1. The Balaban J connectivity index is 2.13. The minimum atomic E-state index is -1.03. The molecule has 0 aliphatic carbocycles. The van der Waals surface area contributed by atoms with Crippen LogP contribution in [0.2, 0.25) is 0 Å². The number of rotatable bonds is 5. The van der Waals surface area contributed by atoms with Crippen LogP contribution in [-0.2, 0) is 9.53 Å². The maximum atomic E-state index is 10.3. The van der Waals surface area contributed by atoms with Gasteiger partial charge in [-0.1, -0.05) is 0 Å². The van der Waals surface area contributed by atoms with Gasteiger partial charge in [0.05, 0.1) is 19.3 Å². The molecule has 1 saturated heterocycles. The van der Waals surface area contributed by atoms with Crippen LogP contribution in [0, 0.1) is 0 Å². The van der Waals surface area contributed by atoms with Crippen LogP contribution < -0.4 is 5.32 Å². The average molecular weight is 161 g/mol. The first-order valence-electron chi connectivity index (χ1n) is 3.42. The largest absolute Gasteiger partial charge is 0.480 e. The Bertz CT molecular complexity index is 146. The summed E-state index contributed by atoms with van der Waals surface area (Å²) in [6.45, 7) is 0.796. The number of nitrogens with one attached hydrogen (secondary N) is 1. The van der Waals surface area contributed by atoms with Crippen LogP contribution in [0.1, 0.15) is 0 Å². The molecule has 3 N–H and O–H groups in total. The van der Waals surface area contributed by atoms with Crippen LogP contribution in [0.3, 0.4) is 0 Å². The quantitative estimate of drug-likeness (QED) is 0.424. The second-order valence-corrected chi connectivity index (χ2v) is 2.44. The SMILES string of the molecule is O=C(O)[C@H](CO)NCC1CO1. The molecular formula is C6H11NO4. The molecule has 0 aromatic carbocycles. The second kappa shape index (κ2) is 3.66. The number of carbonyl (C=O) groups is 1. The highest BCUT2D eigenvalue weighted by molar-refractivity contribution is 5.73. The van der Waals surface area contributed by atoms with Crippen molar-refractivity contribution in [1.82, 2.24) is 5.32 Å². The number of aliphatic carboxylic acids is 1. The fourth-order valence-electron chi connectivity index (χ4n) is 0.690. The molecule has 1 heterocycles. The van der Waals surface area contributed by atoms with Crippen LogP contribution in [-0.4, -0.2) is 48.1 Å². The molecule has 0 aromatic rings. The van der Waals surface area contributed by atoms with Crippen molar-refractivity contribution in [3.05, 3.63) is 0 Å². The van der Waals surface area contributed by atoms with Crippen LogP contribution >= 0.6 is 0 Å². The van der Waals surface area contributed by atoms with E-state index in [1.54, 1.807) is 0 Å². The summed E-state index contributed by atoms with van der Waals surface area (Å²) >= 11 is 0. The van der Waals surface area contributed by atoms with E-state index in [0.29, 0.717) is 13.2 Å². The fraction of sp³-hybridized carbons (Fsp3) is 0.833. The van der Waals surface area contributed by atoms with Gasteiger partial charge in [0.2, 0.25) is 0 Å². The summed E-state index contributed by atoms with van der Waals surface area (Å²) in [5.74, 6) is -1.03. The van der Waals surface area contributed by atoms with Gasteiger partial charge >= 0.3 is 5.97 Å². The number of carboxylic acid groups (broad SMARTS) is 1. The number of aliphatic hydroxyl groups is 1. The molecule has 1 aliphatic heterocycles. The van der Waals surface area contributed by atoms with Crippen molar-refractivity contribution in [1.29, 1.82) is 0 Å². The zero-order valence-corrected chi connectivity index (χ0v) is 5.99. The smallest absolute Gasteiger partial charge is 0.323 e. The average Bonchev–Trinajstić information content (AvgIpc) is 2.72. The first-order chi connectivity index (χ1) is 5.24. The number of hydrogen-bond acceptors (Lipinski definition) is 4. The van der Waals surface area contributed by atoms with Crippen molar-refractivity contribution in [2.45, 2.75) is 12.1 Å². The molecule has 0 aromatic heterocycles. The summed E-state index contributed by atoms with van der Waals surface area (Å²) in [7, 11) is 0. The number of ether oxygens (including phenoxy) is 1. The molecule has 1 rings (SSSR count). The molecule has 5 heteroatoms. The van der Waals surface area contributed by atoms with E-state index in [2.05, 4.69) is 5.32 Å². The lowest BCUT2D eigenvalue weighted by atomic mass is 10.3. The van der Waals surface area contributed by atoms with Gasteiger partial charge in [-0.2, -0.15) is 0 Å². The van der Waals surface area contributed by atoms with Gasteiger partial charge in [0.1, 0.15) is 6.04 Å². The monoisotopic (exact) mass is 161 g/mol. The lowest BCUT2D eigenvalue weighted by Crippen LogP contribution is -2.41. The van der Waals surface area contributed by atoms with E-state index in [1.165, 1.54) is 0 Å². The molecule has 2 atom stereocenters. The normalized spacial score (nSPS) is 24.6. The van der Waals surface area contributed by atoms with Crippen LogP contribution in [0.25, 0.3) is 0 Å². The number of carboxylic acids is 1. The minimum absolute atomic E-state index is 0.142. The third kappa shape index (κ3) is 2.83. The molecule has 0 spiro atoms. The lowest BCUT2D eigenvalue weighted by molar-refractivity contribution is -0.140. The second-order valence-electron chi connectivity index (χ2n) is 2.44. The summed E-state index contributed by atoms with van der Waals surface area (Å²) in [5.41, 5.74) is 0. The Hall–Kier alpha value is -0.650. The maximum Gasteiger partial charge on any atom is 0.323 e. The summed E-state index contributed by atoms with van der Waals surface area (Å²) in [6, 6.07) is -0.862. The van der Waals surface area contributed by atoms with E-state index in [4.69, 9.17) is 14.9 Å². The molecule has 0 amide bonds. The fourth-order valence-corrected chi connectivity index (χ4v) is 0.690. The molecule has 11 heavy (non-hydrogen) atoms.